The van der Waals surface area contributed by atoms with E-state index in [1.54, 1.807) is 0 Å². The van der Waals surface area contributed by atoms with Gasteiger partial charge in [-0.05, 0) is 40.0 Å². The van der Waals surface area contributed by atoms with Crippen LogP contribution in [0.3, 0.4) is 0 Å². The number of pyridine rings is 1. The molecule has 0 saturated heterocycles. The summed E-state index contributed by atoms with van der Waals surface area (Å²) in [6.07, 6.45) is 2.59. The van der Waals surface area contributed by atoms with Crippen LogP contribution in [-0.2, 0) is 13.0 Å². The second kappa shape index (κ2) is 6.32. The molecule has 0 saturated carbocycles. The zero-order valence-corrected chi connectivity index (χ0v) is 13.8. The Morgan fingerprint density at radius 1 is 1.23 bits per heavy atom. The summed E-state index contributed by atoms with van der Waals surface area (Å²) in [4.78, 5) is 17.1. The van der Waals surface area contributed by atoms with Crippen LogP contribution in [0.2, 0.25) is 0 Å². The van der Waals surface area contributed by atoms with Gasteiger partial charge in [0.2, 0.25) is 0 Å². The van der Waals surface area contributed by atoms with Crippen LogP contribution in [0.15, 0.2) is 53.1 Å². The van der Waals surface area contributed by atoms with Gasteiger partial charge in [0.25, 0.3) is 5.91 Å². The molecule has 0 spiro atoms. The lowest BCUT2D eigenvalue weighted by Gasteiger charge is -2.07. The summed E-state index contributed by atoms with van der Waals surface area (Å²) in [5, 5.41) is 2.97. The predicted octanol–water partition coefficient (Wildman–Crippen LogP) is 3.59. The fourth-order valence-corrected chi connectivity index (χ4v) is 2.75. The quantitative estimate of drug-likeness (QED) is 0.775. The number of nitrogens with zero attached hydrogens (tertiary/aromatic N) is 2. The number of benzene rings is 1. The number of hydrogen-bond acceptors (Lipinski definition) is 2. The molecule has 0 radical (unpaired) electrons. The molecule has 0 atom stereocenters. The summed E-state index contributed by atoms with van der Waals surface area (Å²) >= 11 is 3.44. The maximum Gasteiger partial charge on any atom is 0.270 e. The molecule has 0 fully saturated rings. The number of halogens is 1. The van der Waals surface area contributed by atoms with Gasteiger partial charge in [0.15, 0.2) is 0 Å². The van der Waals surface area contributed by atoms with Crippen LogP contribution in [0.1, 0.15) is 28.7 Å². The van der Waals surface area contributed by atoms with E-state index in [9.17, 15) is 4.79 Å². The Morgan fingerprint density at radius 3 is 2.73 bits per heavy atom. The van der Waals surface area contributed by atoms with Gasteiger partial charge in [0.1, 0.15) is 11.3 Å². The van der Waals surface area contributed by atoms with E-state index in [2.05, 4.69) is 26.2 Å². The Balaban J connectivity index is 1.91. The standard InChI is InChI=1S/C17H16BrN3O/c1-2-14-16(21-11-13(18)8-9-15(21)20-14)17(22)19-10-12-6-4-3-5-7-12/h3-9,11H,2,10H2,1H3,(H,19,22). The molecule has 5 heteroatoms. The van der Waals surface area contributed by atoms with Crippen molar-refractivity contribution in [2.45, 2.75) is 19.9 Å². The maximum absolute atomic E-state index is 12.6. The van der Waals surface area contributed by atoms with E-state index < -0.39 is 0 Å². The van der Waals surface area contributed by atoms with Crippen LogP contribution in [0, 0.1) is 0 Å². The first kappa shape index (κ1) is 14.8. The first-order valence-electron chi connectivity index (χ1n) is 7.17. The fraction of sp³-hybridized carbons (Fsp3) is 0.176. The minimum absolute atomic E-state index is 0.105. The molecular formula is C17H16BrN3O. The van der Waals surface area contributed by atoms with Crippen molar-refractivity contribution < 1.29 is 4.79 Å². The fourth-order valence-electron chi connectivity index (χ4n) is 2.42. The molecule has 4 nitrogen and oxygen atoms in total. The molecule has 0 bridgehead atoms. The summed E-state index contributed by atoms with van der Waals surface area (Å²) in [7, 11) is 0. The number of carbonyl (C=O) groups excluding carboxylic acids is 1. The lowest BCUT2D eigenvalue weighted by molar-refractivity contribution is 0.0944. The highest BCUT2D eigenvalue weighted by Gasteiger charge is 2.18. The molecule has 0 aliphatic heterocycles. The Bertz CT molecular complexity index is 811. The zero-order chi connectivity index (χ0) is 15.5. The highest BCUT2D eigenvalue weighted by Crippen LogP contribution is 2.17. The Morgan fingerprint density at radius 2 is 2.00 bits per heavy atom. The van der Waals surface area contributed by atoms with Gasteiger partial charge in [-0.15, -0.1) is 0 Å². The van der Waals surface area contributed by atoms with Crippen molar-refractivity contribution in [2.24, 2.45) is 0 Å². The number of fused-ring (bicyclic) bond motifs is 1. The first-order valence-corrected chi connectivity index (χ1v) is 7.97. The molecule has 2 heterocycles. The third-order valence-corrected chi connectivity index (χ3v) is 3.97. The number of amides is 1. The summed E-state index contributed by atoms with van der Waals surface area (Å²) in [6, 6.07) is 13.7. The normalized spacial score (nSPS) is 10.8. The molecule has 0 aliphatic rings. The van der Waals surface area contributed by atoms with Crippen molar-refractivity contribution in [3.63, 3.8) is 0 Å². The molecule has 2 aromatic heterocycles. The highest BCUT2D eigenvalue weighted by molar-refractivity contribution is 9.10. The monoisotopic (exact) mass is 357 g/mol. The first-order chi connectivity index (χ1) is 10.7. The number of rotatable bonds is 4. The SMILES string of the molecule is CCc1nc2ccc(Br)cn2c1C(=O)NCc1ccccc1. The molecule has 1 aromatic carbocycles. The maximum atomic E-state index is 12.6. The number of hydrogen-bond donors (Lipinski definition) is 1. The minimum atomic E-state index is -0.105. The minimum Gasteiger partial charge on any atom is -0.347 e. The number of nitrogens with one attached hydrogen (secondary N) is 1. The van der Waals surface area contributed by atoms with Crippen LogP contribution >= 0.6 is 15.9 Å². The summed E-state index contributed by atoms with van der Waals surface area (Å²) in [5.74, 6) is -0.105. The van der Waals surface area contributed by atoms with E-state index >= 15 is 0 Å². The van der Waals surface area contributed by atoms with E-state index in [1.807, 2.05) is 60.0 Å². The Hall–Kier alpha value is -2.14. The van der Waals surface area contributed by atoms with Crippen molar-refractivity contribution in [3.8, 4) is 0 Å². The van der Waals surface area contributed by atoms with Crippen LogP contribution in [0.5, 0.6) is 0 Å². The summed E-state index contributed by atoms with van der Waals surface area (Å²) in [5.41, 5.74) is 3.27. The van der Waals surface area contributed by atoms with Gasteiger partial charge < -0.3 is 5.32 Å². The van der Waals surface area contributed by atoms with Gasteiger partial charge in [-0.2, -0.15) is 0 Å². The average molecular weight is 358 g/mol. The van der Waals surface area contributed by atoms with E-state index in [4.69, 9.17) is 0 Å². The van der Waals surface area contributed by atoms with E-state index in [1.165, 1.54) is 0 Å². The molecule has 1 amide bonds. The average Bonchev–Trinajstić information content (AvgIpc) is 2.91. The largest absolute Gasteiger partial charge is 0.347 e. The molecule has 0 unspecified atom stereocenters. The van der Waals surface area contributed by atoms with Gasteiger partial charge >= 0.3 is 0 Å². The van der Waals surface area contributed by atoms with Crippen molar-refractivity contribution >= 4 is 27.5 Å². The van der Waals surface area contributed by atoms with Crippen molar-refractivity contribution in [3.05, 3.63) is 70.1 Å². The van der Waals surface area contributed by atoms with Gasteiger partial charge in [0, 0.05) is 17.2 Å². The van der Waals surface area contributed by atoms with Gasteiger partial charge in [-0.1, -0.05) is 37.3 Å². The van der Waals surface area contributed by atoms with Crippen molar-refractivity contribution in [1.82, 2.24) is 14.7 Å². The Kier molecular flexibility index (Phi) is 4.24. The van der Waals surface area contributed by atoms with Crippen molar-refractivity contribution in [1.29, 1.82) is 0 Å². The van der Waals surface area contributed by atoms with Crippen LogP contribution in [-0.4, -0.2) is 15.3 Å². The molecule has 3 aromatic rings. The molecular weight excluding hydrogens is 342 g/mol. The predicted molar refractivity (Wildman–Crippen MR) is 89.9 cm³/mol. The third-order valence-electron chi connectivity index (χ3n) is 3.50. The lowest BCUT2D eigenvalue weighted by Crippen LogP contribution is -2.25. The van der Waals surface area contributed by atoms with Gasteiger partial charge in [-0.25, -0.2) is 4.98 Å². The number of aromatic nitrogens is 2. The van der Waals surface area contributed by atoms with E-state index in [0.717, 1.165) is 21.4 Å². The van der Waals surface area contributed by atoms with Crippen LogP contribution in [0.25, 0.3) is 5.65 Å². The van der Waals surface area contributed by atoms with Crippen molar-refractivity contribution in [2.75, 3.05) is 0 Å². The van der Waals surface area contributed by atoms with Gasteiger partial charge in [0.05, 0.1) is 5.69 Å². The molecule has 3 rings (SSSR count). The topological polar surface area (TPSA) is 46.4 Å². The van der Waals surface area contributed by atoms with E-state index in [0.29, 0.717) is 18.7 Å². The molecule has 22 heavy (non-hydrogen) atoms. The second-order valence-corrected chi connectivity index (χ2v) is 5.92. The second-order valence-electron chi connectivity index (χ2n) is 5.00. The van der Waals surface area contributed by atoms with Gasteiger partial charge in [-0.3, -0.25) is 9.20 Å². The molecule has 112 valence electrons. The highest BCUT2D eigenvalue weighted by atomic mass is 79.9. The third kappa shape index (κ3) is 2.90. The lowest BCUT2D eigenvalue weighted by atomic mass is 10.2. The smallest absolute Gasteiger partial charge is 0.270 e. The number of aryl methyl sites for hydroxylation is 1. The zero-order valence-electron chi connectivity index (χ0n) is 12.2. The summed E-state index contributed by atoms with van der Waals surface area (Å²) < 4.78 is 2.75. The Labute approximate surface area is 137 Å². The van der Waals surface area contributed by atoms with Crippen LogP contribution in [0.4, 0.5) is 0 Å². The number of imidazole rings is 1. The van der Waals surface area contributed by atoms with Crippen LogP contribution < -0.4 is 5.32 Å². The van der Waals surface area contributed by atoms with E-state index in [-0.39, 0.29) is 5.91 Å². The number of carbonyl (C=O) groups is 1. The summed E-state index contributed by atoms with van der Waals surface area (Å²) in [6.45, 7) is 2.51. The molecule has 0 aliphatic carbocycles. The molecule has 1 N–H and O–H groups in total.